The minimum absolute atomic E-state index is 0.0942. The normalized spacial score (nSPS) is 17.4. The maximum Gasteiger partial charge on any atom is 0.264 e. The minimum Gasteiger partial charge on any atom is -0.496 e. The van der Waals surface area contributed by atoms with Crippen LogP contribution >= 0.6 is 15.9 Å². The molecular formula is C16H16BrNO3S. The molecule has 0 spiro atoms. The highest BCUT2D eigenvalue weighted by Gasteiger charge is 2.35. The van der Waals surface area contributed by atoms with Crippen LogP contribution in [0.4, 0.5) is 5.69 Å². The molecule has 2 aromatic carbocycles. The molecule has 1 atom stereocenters. The molecule has 6 heteroatoms. The summed E-state index contributed by atoms with van der Waals surface area (Å²) >= 11 is 3.35. The summed E-state index contributed by atoms with van der Waals surface area (Å²) in [5.74, 6) is 0.605. The second kappa shape index (κ2) is 5.59. The largest absolute Gasteiger partial charge is 0.496 e. The molecule has 0 saturated carbocycles. The van der Waals surface area contributed by atoms with Crippen molar-refractivity contribution in [1.82, 2.24) is 0 Å². The fraction of sp³-hybridized carbons (Fsp3) is 0.250. The molecule has 1 unspecified atom stereocenters. The van der Waals surface area contributed by atoms with Gasteiger partial charge >= 0.3 is 0 Å². The maximum atomic E-state index is 13.0. The molecule has 22 heavy (non-hydrogen) atoms. The van der Waals surface area contributed by atoms with Crippen LogP contribution in [0.3, 0.4) is 0 Å². The standard InChI is InChI=1S/C16H16BrNO3S/c1-11-9-12-5-3-4-6-15(12)18(11)22(19,20)13-7-8-16(21-2)14(17)10-13/h3-8,10-11H,9H2,1-2H3. The summed E-state index contributed by atoms with van der Waals surface area (Å²) < 4.78 is 33.3. The van der Waals surface area contributed by atoms with E-state index in [-0.39, 0.29) is 10.9 Å². The van der Waals surface area contributed by atoms with Crippen LogP contribution in [0.5, 0.6) is 5.75 Å². The first-order valence-electron chi connectivity index (χ1n) is 6.91. The zero-order valence-corrected chi connectivity index (χ0v) is 14.7. The summed E-state index contributed by atoms with van der Waals surface area (Å²) in [6.45, 7) is 1.93. The molecule has 0 amide bonds. The Morgan fingerprint density at radius 3 is 2.64 bits per heavy atom. The van der Waals surface area contributed by atoms with Gasteiger partial charge in [0.25, 0.3) is 10.0 Å². The number of para-hydroxylation sites is 1. The van der Waals surface area contributed by atoms with Gasteiger partial charge in [-0.2, -0.15) is 0 Å². The van der Waals surface area contributed by atoms with Crippen LogP contribution in [0.15, 0.2) is 51.8 Å². The first-order chi connectivity index (χ1) is 10.4. The predicted molar refractivity (Wildman–Crippen MR) is 90.0 cm³/mol. The van der Waals surface area contributed by atoms with Gasteiger partial charge in [0.05, 0.1) is 22.2 Å². The van der Waals surface area contributed by atoms with Gasteiger partial charge < -0.3 is 4.74 Å². The van der Waals surface area contributed by atoms with Gasteiger partial charge in [-0.05, 0) is 59.1 Å². The smallest absolute Gasteiger partial charge is 0.264 e. The number of halogens is 1. The number of hydrogen-bond acceptors (Lipinski definition) is 3. The Bertz CT molecular complexity index is 820. The fourth-order valence-corrected chi connectivity index (χ4v) is 5.24. The van der Waals surface area contributed by atoms with E-state index in [0.29, 0.717) is 10.2 Å². The number of benzene rings is 2. The summed E-state index contributed by atoms with van der Waals surface area (Å²) in [5, 5.41) is 0. The summed E-state index contributed by atoms with van der Waals surface area (Å²) in [6, 6.07) is 12.4. The second-order valence-electron chi connectivity index (χ2n) is 5.28. The number of anilines is 1. The molecule has 0 saturated heterocycles. The molecule has 1 aliphatic heterocycles. The van der Waals surface area contributed by atoms with Crippen molar-refractivity contribution in [2.75, 3.05) is 11.4 Å². The van der Waals surface area contributed by atoms with Gasteiger partial charge in [-0.3, -0.25) is 4.31 Å². The van der Waals surface area contributed by atoms with E-state index in [1.54, 1.807) is 25.3 Å². The van der Waals surface area contributed by atoms with Crippen molar-refractivity contribution in [3.05, 3.63) is 52.5 Å². The quantitative estimate of drug-likeness (QED) is 0.815. The van der Waals surface area contributed by atoms with Gasteiger partial charge in [-0.15, -0.1) is 0 Å². The molecule has 4 nitrogen and oxygen atoms in total. The molecule has 1 heterocycles. The lowest BCUT2D eigenvalue weighted by Crippen LogP contribution is -2.35. The van der Waals surface area contributed by atoms with Gasteiger partial charge in [0.2, 0.25) is 0 Å². The average Bonchev–Trinajstić information content (AvgIpc) is 2.83. The number of ether oxygens (including phenoxy) is 1. The molecule has 3 rings (SSSR count). The average molecular weight is 382 g/mol. The number of methoxy groups -OCH3 is 1. The number of nitrogens with zero attached hydrogens (tertiary/aromatic N) is 1. The highest BCUT2D eigenvalue weighted by Crippen LogP contribution is 2.37. The number of fused-ring (bicyclic) bond motifs is 1. The molecule has 116 valence electrons. The lowest BCUT2D eigenvalue weighted by atomic mass is 10.1. The first-order valence-corrected chi connectivity index (χ1v) is 9.14. The summed E-state index contributed by atoms with van der Waals surface area (Å²) in [6.07, 6.45) is 0.729. The van der Waals surface area contributed by atoms with Crippen LogP contribution in [-0.2, 0) is 16.4 Å². The zero-order valence-electron chi connectivity index (χ0n) is 12.3. The Morgan fingerprint density at radius 1 is 1.23 bits per heavy atom. The highest BCUT2D eigenvalue weighted by atomic mass is 79.9. The van der Waals surface area contributed by atoms with Crippen molar-refractivity contribution < 1.29 is 13.2 Å². The molecule has 2 aromatic rings. The van der Waals surface area contributed by atoms with Gasteiger partial charge in [-0.25, -0.2) is 8.42 Å². The lowest BCUT2D eigenvalue weighted by molar-refractivity contribution is 0.411. The lowest BCUT2D eigenvalue weighted by Gasteiger charge is -2.24. The number of hydrogen-bond donors (Lipinski definition) is 0. The van der Waals surface area contributed by atoms with E-state index in [4.69, 9.17) is 4.74 Å². The van der Waals surface area contributed by atoms with Crippen molar-refractivity contribution in [2.45, 2.75) is 24.3 Å². The van der Waals surface area contributed by atoms with Gasteiger partial charge in [0.15, 0.2) is 0 Å². The predicted octanol–water partition coefficient (Wildman–Crippen LogP) is 3.60. The van der Waals surface area contributed by atoms with Crippen molar-refractivity contribution in [1.29, 1.82) is 0 Å². The Labute approximate surface area is 138 Å². The maximum absolute atomic E-state index is 13.0. The van der Waals surface area contributed by atoms with Crippen molar-refractivity contribution in [3.8, 4) is 5.75 Å². The van der Waals surface area contributed by atoms with Crippen LogP contribution in [0.2, 0.25) is 0 Å². The zero-order chi connectivity index (χ0) is 15.9. The van der Waals surface area contributed by atoms with Crippen LogP contribution in [0.1, 0.15) is 12.5 Å². The van der Waals surface area contributed by atoms with Crippen molar-refractivity contribution in [2.24, 2.45) is 0 Å². The Balaban J connectivity index is 2.09. The monoisotopic (exact) mass is 381 g/mol. The molecule has 0 aromatic heterocycles. The van der Waals surface area contributed by atoms with E-state index < -0.39 is 10.0 Å². The van der Waals surface area contributed by atoms with Crippen LogP contribution < -0.4 is 9.04 Å². The van der Waals surface area contributed by atoms with Crippen molar-refractivity contribution >= 4 is 31.6 Å². The third-order valence-electron chi connectivity index (χ3n) is 3.82. The Morgan fingerprint density at radius 2 is 1.95 bits per heavy atom. The van der Waals surface area contributed by atoms with Crippen LogP contribution in [0, 0.1) is 0 Å². The van der Waals surface area contributed by atoms with Gasteiger partial charge in [0.1, 0.15) is 5.75 Å². The SMILES string of the molecule is COc1ccc(S(=O)(=O)N2c3ccccc3CC2C)cc1Br. The third-order valence-corrected chi connectivity index (χ3v) is 6.37. The minimum atomic E-state index is -3.60. The topological polar surface area (TPSA) is 46.6 Å². The molecule has 0 aliphatic carbocycles. The Kier molecular flexibility index (Phi) is 3.91. The summed E-state index contributed by atoms with van der Waals surface area (Å²) in [4.78, 5) is 0.253. The van der Waals surface area contributed by atoms with Gasteiger partial charge in [0, 0.05) is 6.04 Å². The van der Waals surface area contributed by atoms with Crippen molar-refractivity contribution in [3.63, 3.8) is 0 Å². The third kappa shape index (κ3) is 2.40. The molecular weight excluding hydrogens is 366 g/mol. The molecule has 1 aliphatic rings. The van der Waals surface area contributed by atoms with E-state index in [9.17, 15) is 8.42 Å². The first kappa shape index (κ1) is 15.4. The van der Waals surface area contributed by atoms with Gasteiger partial charge in [-0.1, -0.05) is 18.2 Å². The molecule has 0 fully saturated rings. The highest BCUT2D eigenvalue weighted by molar-refractivity contribution is 9.10. The molecule has 0 N–H and O–H groups in total. The molecule has 0 bridgehead atoms. The van der Waals surface area contributed by atoms with E-state index >= 15 is 0 Å². The fourth-order valence-electron chi connectivity index (χ4n) is 2.82. The summed E-state index contributed by atoms with van der Waals surface area (Å²) in [5.41, 5.74) is 1.83. The van der Waals surface area contributed by atoms with E-state index in [0.717, 1.165) is 17.7 Å². The van der Waals surface area contributed by atoms with E-state index in [2.05, 4.69) is 15.9 Å². The van der Waals surface area contributed by atoms with E-state index in [1.165, 1.54) is 4.31 Å². The Hall–Kier alpha value is -1.53. The number of sulfonamides is 1. The van der Waals surface area contributed by atoms with Crippen LogP contribution in [-0.4, -0.2) is 21.6 Å². The van der Waals surface area contributed by atoms with Crippen LogP contribution in [0.25, 0.3) is 0 Å². The van der Waals surface area contributed by atoms with E-state index in [1.807, 2.05) is 31.2 Å². The number of rotatable bonds is 3. The molecule has 0 radical (unpaired) electrons. The second-order valence-corrected chi connectivity index (χ2v) is 7.95. The summed E-state index contributed by atoms with van der Waals surface area (Å²) in [7, 11) is -2.05.